The van der Waals surface area contributed by atoms with Crippen LogP contribution in [0.25, 0.3) is 0 Å². The average molecular weight is 424 g/mol. The number of aromatic nitrogens is 2. The minimum Gasteiger partial charge on any atom is -0.445 e. The largest absolute Gasteiger partial charge is 0.445 e. The number of H-pyrrole nitrogens is 1. The third-order valence-electron chi connectivity index (χ3n) is 6.25. The molecule has 2 N–H and O–H groups in total. The van der Waals surface area contributed by atoms with Gasteiger partial charge in [-0.15, -0.1) is 0 Å². The number of amides is 1. The number of aliphatic hydroxyl groups excluding tert-OH is 1. The molecule has 7 nitrogen and oxygen atoms in total. The molecule has 1 saturated heterocycles. The maximum absolute atomic E-state index is 12.6. The lowest BCUT2D eigenvalue weighted by atomic mass is 10.0. The van der Waals surface area contributed by atoms with Crippen molar-refractivity contribution in [3.63, 3.8) is 0 Å². The molecule has 164 valence electrons. The molecule has 0 bridgehead atoms. The van der Waals surface area contributed by atoms with E-state index in [0.717, 1.165) is 29.8 Å². The van der Waals surface area contributed by atoms with Crippen LogP contribution in [0.3, 0.4) is 0 Å². The van der Waals surface area contributed by atoms with E-state index in [1.54, 1.807) is 11.0 Å². The first-order chi connectivity index (χ1) is 13.5. The predicted octanol–water partition coefficient (Wildman–Crippen LogP) is 3.93. The molecular weight excluding hydrogens is 386 g/mol. The van der Waals surface area contributed by atoms with Crippen LogP contribution in [0.4, 0.5) is 4.79 Å². The lowest BCUT2D eigenvalue weighted by molar-refractivity contribution is 0.102. The monoisotopic (exact) mass is 423 g/mol. The van der Waals surface area contributed by atoms with E-state index in [1.807, 2.05) is 6.92 Å². The molecule has 1 aromatic heterocycles. The van der Waals surface area contributed by atoms with Gasteiger partial charge in [-0.05, 0) is 44.3 Å². The van der Waals surface area contributed by atoms with Crippen LogP contribution < -0.4 is 0 Å². The quantitative estimate of drug-likeness (QED) is 0.489. The number of hydrogen-bond donors (Lipinski definition) is 2. The molecule has 1 fully saturated rings. The van der Waals surface area contributed by atoms with E-state index >= 15 is 0 Å². The average Bonchev–Trinajstić information content (AvgIpc) is 3.19. The van der Waals surface area contributed by atoms with Crippen LogP contribution in [-0.2, 0) is 22.2 Å². The van der Waals surface area contributed by atoms with E-state index < -0.39 is 8.32 Å². The molecule has 0 saturated carbocycles. The number of nitrogens with zero attached hydrogens (tertiary/aromatic N) is 2. The molecule has 2 rings (SSSR count). The Morgan fingerprint density at radius 1 is 1.45 bits per heavy atom. The Bertz CT molecular complexity index is 711. The van der Waals surface area contributed by atoms with Crippen molar-refractivity contribution in [2.75, 3.05) is 13.2 Å². The molecular formula is C21H37N3O4Si. The lowest BCUT2D eigenvalue weighted by Gasteiger charge is -2.38. The third-order valence-corrected chi connectivity index (χ3v) is 10.8. The van der Waals surface area contributed by atoms with Crippen molar-refractivity contribution in [1.29, 1.82) is 0 Å². The highest BCUT2D eigenvalue weighted by molar-refractivity contribution is 6.74. The third kappa shape index (κ3) is 5.70. The number of aryl methyl sites for hydroxylation is 2. The standard InChI is InChI=1S/C21H37N3O4Si/c1-8-11-27-20(26)24-13-17(28-29(6,7)21(3,4)5)12-16(24)9-10-19-18(14-25)15(2)22-23-19/h8,16-17,25H,1,9-14H2,2-7H3,(H,22,23)/t16-,17-/m1/s1. The highest BCUT2D eigenvalue weighted by Gasteiger charge is 2.43. The van der Waals surface area contributed by atoms with Crippen molar-refractivity contribution in [2.24, 2.45) is 0 Å². The summed E-state index contributed by atoms with van der Waals surface area (Å²) in [5.74, 6) is 0. The molecule has 1 amide bonds. The van der Waals surface area contributed by atoms with Gasteiger partial charge in [0.05, 0.1) is 18.4 Å². The molecule has 29 heavy (non-hydrogen) atoms. The second-order valence-electron chi connectivity index (χ2n) is 9.37. The first kappa shape index (κ1) is 23.6. The molecule has 1 aliphatic heterocycles. The number of aromatic amines is 1. The number of rotatable bonds is 8. The van der Waals surface area contributed by atoms with Crippen LogP contribution in [0, 0.1) is 6.92 Å². The van der Waals surface area contributed by atoms with Crippen LogP contribution in [0.5, 0.6) is 0 Å². The van der Waals surface area contributed by atoms with Crippen molar-refractivity contribution in [3.8, 4) is 0 Å². The predicted molar refractivity (Wildman–Crippen MR) is 116 cm³/mol. The van der Waals surface area contributed by atoms with Gasteiger partial charge in [-0.25, -0.2) is 4.79 Å². The molecule has 0 unspecified atom stereocenters. The second-order valence-corrected chi connectivity index (χ2v) is 14.1. The maximum atomic E-state index is 12.6. The van der Waals surface area contributed by atoms with Gasteiger partial charge in [0.25, 0.3) is 0 Å². The molecule has 8 heteroatoms. The van der Waals surface area contributed by atoms with Crippen LogP contribution in [0.15, 0.2) is 12.7 Å². The first-order valence-corrected chi connectivity index (χ1v) is 13.3. The summed E-state index contributed by atoms with van der Waals surface area (Å²) in [6.07, 6.45) is 3.52. The number of likely N-dealkylation sites (tertiary alicyclic amines) is 1. The Balaban J connectivity index is 2.11. The number of ether oxygens (including phenoxy) is 1. The summed E-state index contributed by atoms with van der Waals surface area (Å²) in [4.78, 5) is 14.4. The van der Waals surface area contributed by atoms with Gasteiger partial charge in [0.2, 0.25) is 0 Å². The smallest absolute Gasteiger partial charge is 0.410 e. The summed E-state index contributed by atoms with van der Waals surface area (Å²) in [5.41, 5.74) is 2.59. The van der Waals surface area contributed by atoms with Crippen molar-refractivity contribution in [3.05, 3.63) is 29.6 Å². The number of hydrogen-bond acceptors (Lipinski definition) is 5. The van der Waals surface area contributed by atoms with Gasteiger partial charge < -0.3 is 19.2 Å². The Hall–Kier alpha value is -1.64. The maximum Gasteiger partial charge on any atom is 0.410 e. The van der Waals surface area contributed by atoms with Gasteiger partial charge >= 0.3 is 6.09 Å². The van der Waals surface area contributed by atoms with Crippen molar-refractivity contribution in [2.45, 2.75) is 83.8 Å². The Labute approximate surface area is 175 Å². The summed E-state index contributed by atoms with van der Waals surface area (Å²) >= 11 is 0. The Morgan fingerprint density at radius 2 is 2.14 bits per heavy atom. The molecule has 2 atom stereocenters. The molecule has 1 aromatic rings. The normalized spacial score (nSPS) is 20.2. The summed E-state index contributed by atoms with van der Waals surface area (Å²) < 4.78 is 11.9. The van der Waals surface area contributed by atoms with E-state index in [0.29, 0.717) is 13.0 Å². The zero-order valence-electron chi connectivity index (χ0n) is 18.7. The fourth-order valence-electron chi connectivity index (χ4n) is 3.50. The molecule has 0 spiro atoms. The summed E-state index contributed by atoms with van der Waals surface area (Å²) in [6, 6.07) is 0.0252. The fourth-order valence-corrected chi connectivity index (χ4v) is 4.85. The van der Waals surface area contributed by atoms with E-state index in [9.17, 15) is 9.90 Å². The molecule has 0 aliphatic carbocycles. The highest BCUT2D eigenvalue weighted by Crippen LogP contribution is 2.39. The summed E-state index contributed by atoms with van der Waals surface area (Å²) in [5, 5.41) is 16.9. The van der Waals surface area contributed by atoms with E-state index in [1.165, 1.54) is 0 Å². The molecule has 2 heterocycles. The van der Waals surface area contributed by atoms with Crippen LogP contribution in [0.2, 0.25) is 18.1 Å². The molecule has 0 radical (unpaired) electrons. The van der Waals surface area contributed by atoms with E-state index in [2.05, 4.69) is 50.6 Å². The minimum atomic E-state index is -1.93. The zero-order valence-corrected chi connectivity index (χ0v) is 19.7. The molecule has 1 aliphatic rings. The van der Waals surface area contributed by atoms with Gasteiger partial charge in [-0.1, -0.05) is 33.4 Å². The van der Waals surface area contributed by atoms with E-state index in [-0.39, 0.29) is 36.5 Å². The lowest BCUT2D eigenvalue weighted by Crippen LogP contribution is -2.44. The topological polar surface area (TPSA) is 87.7 Å². The number of carbonyl (C=O) groups excluding carboxylic acids is 1. The number of carbonyl (C=O) groups is 1. The summed E-state index contributed by atoms with van der Waals surface area (Å²) in [6.45, 7) is 17.3. The van der Waals surface area contributed by atoms with Crippen LogP contribution >= 0.6 is 0 Å². The van der Waals surface area contributed by atoms with Crippen LogP contribution in [-0.4, -0.2) is 59.9 Å². The fraction of sp³-hybridized carbons (Fsp3) is 0.714. The minimum absolute atomic E-state index is 0.0120. The highest BCUT2D eigenvalue weighted by atomic mass is 28.4. The van der Waals surface area contributed by atoms with Gasteiger partial charge in [0, 0.05) is 23.8 Å². The van der Waals surface area contributed by atoms with E-state index in [4.69, 9.17) is 9.16 Å². The zero-order chi connectivity index (χ0) is 21.8. The van der Waals surface area contributed by atoms with Gasteiger partial charge in [0.1, 0.15) is 6.61 Å². The number of nitrogens with one attached hydrogen (secondary N) is 1. The Morgan fingerprint density at radius 3 is 2.72 bits per heavy atom. The van der Waals surface area contributed by atoms with Gasteiger partial charge in [-0.3, -0.25) is 5.10 Å². The van der Waals surface area contributed by atoms with Gasteiger partial charge in [0.15, 0.2) is 8.32 Å². The molecule has 0 aromatic carbocycles. The van der Waals surface area contributed by atoms with Crippen LogP contribution in [0.1, 0.15) is 50.6 Å². The number of aliphatic hydroxyl groups is 1. The van der Waals surface area contributed by atoms with Crippen molar-refractivity contribution in [1.82, 2.24) is 15.1 Å². The SMILES string of the molecule is C=CCOC(=O)N1C[C@H](O[Si](C)(C)C(C)(C)C)C[C@H]1CCc1[nH]nc(C)c1CO. The second kappa shape index (κ2) is 9.45. The Kier molecular flexibility index (Phi) is 7.70. The van der Waals surface area contributed by atoms with Crippen molar-refractivity contribution < 1.29 is 19.1 Å². The van der Waals surface area contributed by atoms with Crippen molar-refractivity contribution >= 4 is 14.4 Å². The first-order valence-electron chi connectivity index (χ1n) is 10.4. The van der Waals surface area contributed by atoms with Gasteiger partial charge in [-0.2, -0.15) is 5.10 Å². The summed E-state index contributed by atoms with van der Waals surface area (Å²) in [7, 11) is -1.93.